The predicted octanol–water partition coefficient (Wildman–Crippen LogP) is 1.56. The maximum atomic E-state index is 4.78. The molecule has 0 unspecified atom stereocenters. The molecule has 0 spiro atoms. The van der Waals surface area contributed by atoms with Crippen LogP contribution in [0.2, 0.25) is 0 Å². The average molecular weight is 127 g/mol. The second kappa shape index (κ2) is 435. The molecule has 0 rings (SSSR count). The Bertz CT molecular complexity index is 7.51. The molecule has 0 nitrogen and oxygen atoms in total. The molecule has 0 aliphatic heterocycles. The first-order valence-electron chi connectivity index (χ1n) is 2.38. The zero-order valence-corrected chi connectivity index (χ0v) is 8.13. The molecule has 0 heterocycles. The van der Waals surface area contributed by atoms with Gasteiger partial charge in [-0.3, -0.25) is 0 Å². The van der Waals surface area contributed by atoms with E-state index in [0.717, 1.165) is 9.55 Å². The van der Waals surface area contributed by atoms with E-state index in [2.05, 4.69) is 0 Å². The lowest BCUT2D eigenvalue weighted by atomic mass is 11.0. The maximum absolute atomic E-state index is 4.78. The minimum absolute atomic E-state index is 0.778. The number of hydrogen-bond donors (Lipinski definition) is 0. The van der Waals surface area contributed by atoms with E-state index in [0.29, 0.717) is 0 Å². The summed E-state index contributed by atoms with van der Waals surface area (Å²) >= 11 is 4.78. The van der Waals surface area contributed by atoms with Crippen molar-refractivity contribution in [3.63, 3.8) is 0 Å². The minimum Gasteiger partial charge on any atom is -0.181 e. The van der Waals surface area contributed by atoms with Crippen LogP contribution in [0.3, 0.4) is 0 Å². The lowest BCUT2D eigenvalue weighted by Crippen LogP contribution is -0.980. The highest BCUT2D eigenvalue weighted by Gasteiger charge is 0.975. The average Bonchev–Trinajstić information content (AvgIpc) is 1.81. The minimum atomic E-state index is 0.778. The summed E-state index contributed by atoms with van der Waals surface area (Å²) in [5.74, 6) is 0. The first-order valence-corrected chi connectivity index (χ1v) is 5.40. The van der Waals surface area contributed by atoms with E-state index in [1.807, 2.05) is 27.7 Å². The van der Waals surface area contributed by atoms with Crippen LogP contribution in [0.5, 0.6) is 0 Å². The van der Waals surface area contributed by atoms with E-state index in [-0.39, 0.29) is 0 Å². The molecule has 0 aromatic rings. The molecular formula is C4H15ClSi. The van der Waals surface area contributed by atoms with Gasteiger partial charge in [-0.2, -0.15) is 11.1 Å². The maximum Gasteiger partial charge on any atom is 0.109 e. The van der Waals surface area contributed by atoms with Crippen LogP contribution in [0.15, 0.2) is 0 Å². The molecule has 0 aliphatic rings. The third-order valence-electron chi connectivity index (χ3n) is 0. The van der Waals surface area contributed by atoms with Crippen LogP contribution in [-0.4, -0.2) is 9.55 Å². The molecule has 0 bridgehead atoms. The lowest BCUT2D eigenvalue weighted by molar-refractivity contribution is 1.50. The molecular weight excluding hydrogens is 112 g/mol. The highest BCUT2D eigenvalue weighted by atomic mass is 35.6. The molecule has 0 N–H and O–H groups in total. The molecule has 0 radical (unpaired) electrons. The molecule has 0 atom stereocenters. The summed E-state index contributed by atoms with van der Waals surface area (Å²) in [5.41, 5.74) is 0. The summed E-state index contributed by atoms with van der Waals surface area (Å²) in [7, 11) is 0.778. The largest absolute Gasteiger partial charge is 0.181 e. The van der Waals surface area contributed by atoms with Gasteiger partial charge in [0.05, 0.1) is 0 Å². The van der Waals surface area contributed by atoms with Gasteiger partial charge in [0.15, 0.2) is 0 Å². The highest BCUT2D eigenvalue weighted by molar-refractivity contribution is 6.80. The molecule has 0 aliphatic carbocycles. The van der Waals surface area contributed by atoms with Gasteiger partial charge in [0.25, 0.3) is 0 Å². The molecule has 0 aromatic carbocycles. The number of halogens is 1. The monoisotopic (exact) mass is 126 g/mol. The van der Waals surface area contributed by atoms with Gasteiger partial charge in [0, 0.05) is 0 Å². The highest BCUT2D eigenvalue weighted by Crippen LogP contribution is 1.29. The van der Waals surface area contributed by atoms with Crippen molar-refractivity contribution in [3.05, 3.63) is 0 Å². The first-order chi connectivity index (χ1) is 3.00. The first kappa shape index (κ1) is 16.0. The summed E-state index contributed by atoms with van der Waals surface area (Å²) in [6, 6.07) is 0. The van der Waals surface area contributed by atoms with Crippen molar-refractivity contribution in [3.8, 4) is 0 Å². The van der Waals surface area contributed by atoms with Crippen molar-refractivity contribution in [2.24, 2.45) is 0 Å². The Morgan fingerprint density at radius 1 is 0.833 bits per heavy atom. The Kier molecular flexibility index (Phi) is 1160. The van der Waals surface area contributed by atoms with Crippen LogP contribution >= 0.6 is 11.1 Å². The van der Waals surface area contributed by atoms with Gasteiger partial charge in [0.2, 0.25) is 0 Å². The topological polar surface area (TPSA) is 0 Å². The number of hydrogen-bond acceptors (Lipinski definition) is 0. The Morgan fingerprint density at radius 3 is 0.833 bits per heavy atom. The van der Waals surface area contributed by atoms with Crippen LogP contribution < -0.4 is 0 Å². The van der Waals surface area contributed by atoms with Crippen LogP contribution in [0.4, 0.5) is 0 Å². The Labute approximate surface area is 49.0 Å². The fourth-order valence-electron chi connectivity index (χ4n) is 0. The van der Waals surface area contributed by atoms with Crippen molar-refractivity contribution in [1.82, 2.24) is 0 Å². The van der Waals surface area contributed by atoms with E-state index < -0.39 is 0 Å². The fraction of sp³-hybridized carbons (Fsp3) is 1.00. The van der Waals surface area contributed by atoms with Gasteiger partial charge in [-0.1, -0.05) is 27.7 Å². The smallest absolute Gasteiger partial charge is 0.109 e. The zero-order chi connectivity index (χ0) is 6.00. The van der Waals surface area contributed by atoms with Gasteiger partial charge >= 0.3 is 0 Å². The molecule has 0 saturated heterocycles. The van der Waals surface area contributed by atoms with E-state index in [9.17, 15) is 0 Å². The van der Waals surface area contributed by atoms with Gasteiger partial charge in [-0.05, 0) is 0 Å². The molecule has 6 heavy (non-hydrogen) atoms. The van der Waals surface area contributed by atoms with Crippen molar-refractivity contribution in [1.29, 1.82) is 0 Å². The SMILES string of the molecule is CC.CC.[SiH3]Cl. The van der Waals surface area contributed by atoms with Gasteiger partial charge < -0.3 is 0 Å². The third kappa shape index (κ3) is 216. The van der Waals surface area contributed by atoms with Gasteiger partial charge in [-0.25, -0.2) is 0 Å². The summed E-state index contributed by atoms with van der Waals surface area (Å²) in [6.45, 7) is 8.00. The van der Waals surface area contributed by atoms with Crippen molar-refractivity contribution in [2.45, 2.75) is 27.7 Å². The standard InChI is InChI=1S/2C2H6.ClH3Si/c3*1-2/h2*1-2H3;2H3. The van der Waals surface area contributed by atoms with E-state index >= 15 is 0 Å². The predicted molar refractivity (Wildman–Crippen MR) is 38.5 cm³/mol. The zero-order valence-electron chi connectivity index (χ0n) is 5.38. The quantitative estimate of drug-likeness (QED) is 0.342. The third-order valence-corrected chi connectivity index (χ3v) is 0. The molecule has 0 aromatic heterocycles. The van der Waals surface area contributed by atoms with Crippen LogP contribution in [0.1, 0.15) is 27.7 Å². The van der Waals surface area contributed by atoms with Crippen molar-refractivity contribution in [2.75, 3.05) is 0 Å². The second-order valence-corrected chi connectivity index (χ2v) is 0. The van der Waals surface area contributed by atoms with Crippen molar-refractivity contribution < 1.29 is 0 Å². The normalized spacial score (nSPS) is 3.50. The molecule has 0 fully saturated rings. The molecule has 0 amide bonds. The van der Waals surface area contributed by atoms with Gasteiger partial charge in [-0.15, -0.1) is 0 Å². The number of rotatable bonds is 0. The van der Waals surface area contributed by atoms with E-state index in [1.165, 1.54) is 0 Å². The Balaban J connectivity index is -0.0000000225. The van der Waals surface area contributed by atoms with Crippen LogP contribution in [0.25, 0.3) is 0 Å². The molecule has 42 valence electrons. The summed E-state index contributed by atoms with van der Waals surface area (Å²) in [4.78, 5) is 0. The van der Waals surface area contributed by atoms with E-state index in [1.54, 1.807) is 0 Å². The van der Waals surface area contributed by atoms with Crippen LogP contribution in [-0.2, 0) is 0 Å². The Morgan fingerprint density at radius 2 is 0.833 bits per heavy atom. The molecule has 2 heteroatoms. The summed E-state index contributed by atoms with van der Waals surface area (Å²) < 4.78 is 0. The lowest BCUT2D eigenvalue weighted by Gasteiger charge is -1.07. The van der Waals surface area contributed by atoms with Crippen LogP contribution in [0, 0.1) is 0 Å². The van der Waals surface area contributed by atoms with Gasteiger partial charge in [0.1, 0.15) is 9.55 Å². The fourth-order valence-corrected chi connectivity index (χ4v) is 0. The Hall–Kier alpha value is 0.507. The summed E-state index contributed by atoms with van der Waals surface area (Å²) in [5, 5.41) is 0. The van der Waals surface area contributed by atoms with E-state index in [4.69, 9.17) is 11.1 Å². The molecule has 0 saturated carbocycles. The van der Waals surface area contributed by atoms with Crippen molar-refractivity contribution >= 4 is 20.6 Å². The summed E-state index contributed by atoms with van der Waals surface area (Å²) in [6.07, 6.45) is 0. The second-order valence-electron chi connectivity index (χ2n) is 0.